The van der Waals surface area contributed by atoms with Gasteiger partial charge < -0.3 is 0 Å². The number of aryl methyl sites for hydroxylation is 1. The Hall–Kier alpha value is -1.48. The lowest BCUT2D eigenvalue weighted by Gasteiger charge is -1.97. The zero-order valence-electron chi connectivity index (χ0n) is 8.90. The Morgan fingerprint density at radius 2 is 1.88 bits per heavy atom. The quantitative estimate of drug-likeness (QED) is 0.573. The maximum atomic E-state index is 12.2. The molecule has 0 aliphatic heterocycles. The molecular formula is C13H12FOS+. The van der Waals surface area contributed by atoms with Crippen molar-refractivity contribution in [1.29, 1.82) is 0 Å². The van der Waals surface area contributed by atoms with Crippen molar-refractivity contribution in [3.05, 3.63) is 46.8 Å². The lowest BCUT2D eigenvalue weighted by Crippen LogP contribution is -2.01. The summed E-state index contributed by atoms with van der Waals surface area (Å²) in [5.41, 5.74) is 1.63. The van der Waals surface area contributed by atoms with Gasteiger partial charge in [-0.15, -0.1) is 11.3 Å². The number of alkyl halides is 1. The van der Waals surface area contributed by atoms with Crippen LogP contribution in [0.15, 0.2) is 36.4 Å². The van der Waals surface area contributed by atoms with Gasteiger partial charge in [0.05, 0.1) is 5.56 Å². The number of rotatable bonds is 3. The van der Waals surface area contributed by atoms with Crippen molar-refractivity contribution in [2.45, 2.75) is 6.92 Å². The van der Waals surface area contributed by atoms with Crippen LogP contribution in [0.2, 0.25) is 0 Å². The highest BCUT2D eigenvalue weighted by Crippen LogP contribution is 2.27. The van der Waals surface area contributed by atoms with Gasteiger partial charge in [-0.25, -0.2) is 4.39 Å². The van der Waals surface area contributed by atoms with Crippen LogP contribution >= 0.6 is 11.3 Å². The molecule has 0 saturated heterocycles. The van der Waals surface area contributed by atoms with Gasteiger partial charge in [0.25, 0.3) is 0 Å². The van der Waals surface area contributed by atoms with E-state index >= 15 is 0 Å². The second-order valence-corrected chi connectivity index (χ2v) is 4.86. The minimum absolute atomic E-state index is 0.214. The van der Waals surface area contributed by atoms with Crippen molar-refractivity contribution in [3.63, 3.8) is 0 Å². The highest BCUT2D eigenvalue weighted by molar-refractivity contribution is 7.15. The first-order chi connectivity index (χ1) is 7.70. The van der Waals surface area contributed by atoms with Crippen LogP contribution in [-0.4, -0.2) is 17.3 Å². The van der Waals surface area contributed by atoms with Crippen LogP contribution in [0.3, 0.4) is 0 Å². The van der Waals surface area contributed by atoms with Gasteiger partial charge in [-0.3, -0.25) is 4.79 Å². The van der Waals surface area contributed by atoms with E-state index in [0.717, 1.165) is 5.56 Å². The van der Waals surface area contributed by atoms with E-state index in [-0.39, 0.29) is 5.78 Å². The number of hydrogen-bond donors (Lipinski definition) is 0. The summed E-state index contributed by atoms with van der Waals surface area (Å²) >= 11 is 1.72. The Morgan fingerprint density at radius 3 is 2.38 bits per heavy atom. The molecule has 0 spiro atoms. The van der Waals surface area contributed by atoms with E-state index < -0.39 is 6.67 Å². The average Bonchev–Trinajstić information content (AvgIpc) is 2.75. The molecule has 0 aliphatic carbocycles. The number of hydrogen-bond acceptors (Lipinski definition) is 1. The Morgan fingerprint density at radius 1 is 1.19 bits per heavy atom. The highest BCUT2D eigenvalue weighted by atomic mass is 32.1. The molecule has 1 heterocycles. The van der Waals surface area contributed by atoms with Gasteiger partial charge in [0.2, 0.25) is 6.67 Å². The fourth-order valence-corrected chi connectivity index (χ4v) is 2.37. The summed E-state index contributed by atoms with van der Waals surface area (Å²) in [5, 5.41) is 0. The third kappa shape index (κ3) is 2.19. The minimum atomic E-state index is -0.822. The van der Waals surface area contributed by atoms with Gasteiger partial charge in [-0.1, -0.05) is 12.1 Å². The summed E-state index contributed by atoms with van der Waals surface area (Å²) in [6.45, 7) is 1.24. The van der Waals surface area contributed by atoms with Gasteiger partial charge in [0, 0.05) is 9.75 Å². The summed E-state index contributed by atoms with van der Waals surface area (Å²) in [4.78, 5) is 11.7. The molecule has 1 aromatic heterocycles. The molecular weight excluding hydrogens is 223 g/mol. The smallest absolute Gasteiger partial charge is 0.275 e. The average molecular weight is 235 g/mol. The third-order valence-electron chi connectivity index (χ3n) is 2.37. The number of thiophene rings is 1. The standard InChI is InChI=1S/C13H11FOS/c1-9-2-7-13(16-9)11-5-3-10(4-6-11)12(15)8-14/h2-7H,8H2,1H3/p+1. The molecule has 2 rings (SSSR count). The molecule has 3 heteroatoms. The van der Waals surface area contributed by atoms with Crippen LogP contribution in [0, 0.1) is 6.92 Å². The number of halogens is 1. The Kier molecular flexibility index (Phi) is 3.15. The second-order valence-electron chi connectivity index (χ2n) is 3.57. The van der Waals surface area contributed by atoms with Crippen LogP contribution in [-0.2, 0) is 0 Å². The van der Waals surface area contributed by atoms with Crippen LogP contribution in [0.1, 0.15) is 10.4 Å². The lowest BCUT2D eigenvalue weighted by molar-refractivity contribution is 0.543. The fraction of sp³-hybridized carbons (Fsp3) is 0.154. The second kappa shape index (κ2) is 4.58. The predicted octanol–water partition coefficient (Wildman–Crippen LogP) is 3.59. The Labute approximate surface area is 97.6 Å². The number of benzene rings is 1. The number of ketones is 1. The highest BCUT2D eigenvalue weighted by Gasteiger charge is 2.11. The van der Waals surface area contributed by atoms with Crippen molar-refractivity contribution in [3.8, 4) is 10.4 Å². The van der Waals surface area contributed by atoms with Crippen molar-refractivity contribution in [2.75, 3.05) is 6.67 Å². The molecule has 2 aromatic rings. The van der Waals surface area contributed by atoms with Crippen molar-refractivity contribution in [1.82, 2.24) is 0 Å². The first-order valence-electron chi connectivity index (χ1n) is 4.98. The maximum absolute atomic E-state index is 12.2. The maximum Gasteiger partial charge on any atom is 0.354 e. The largest absolute Gasteiger partial charge is 0.354 e. The molecule has 1 nitrogen and oxygen atoms in total. The predicted molar refractivity (Wildman–Crippen MR) is 66.5 cm³/mol. The molecule has 16 heavy (non-hydrogen) atoms. The topological polar surface area (TPSA) is 21.4 Å². The summed E-state index contributed by atoms with van der Waals surface area (Å²) in [5.74, 6) is -0.214. The summed E-state index contributed by atoms with van der Waals surface area (Å²) in [7, 11) is 0. The van der Waals surface area contributed by atoms with E-state index in [9.17, 15) is 9.18 Å². The van der Waals surface area contributed by atoms with E-state index in [1.54, 1.807) is 23.5 Å². The monoisotopic (exact) mass is 235 g/mol. The minimum Gasteiger partial charge on any atom is -0.275 e. The lowest BCUT2D eigenvalue weighted by atomic mass is 10.1. The normalized spacial score (nSPS) is 10.4. The van der Waals surface area contributed by atoms with Gasteiger partial charge >= 0.3 is 5.78 Å². The molecule has 0 bridgehead atoms. The first-order valence-corrected chi connectivity index (χ1v) is 5.80. The molecule has 0 amide bonds. The Balaban J connectivity index is 2.29. The van der Waals surface area contributed by atoms with E-state index in [1.807, 2.05) is 12.1 Å². The molecule has 0 radical (unpaired) electrons. The molecule has 0 aliphatic rings. The molecule has 1 aromatic carbocycles. The summed E-state index contributed by atoms with van der Waals surface area (Å²) in [6.07, 6.45) is 0. The molecule has 0 atom stereocenters. The van der Waals surface area contributed by atoms with Crippen LogP contribution in [0.4, 0.5) is 4.39 Å². The fourth-order valence-electron chi connectivity index (χ4n) is 1.49. The molecule has 0 saturated carbocycles. The van der Waals surface area contributed by atoms with Crippen molar-refractivity contribution >= 4 is 17.1 Å². The SMILES string of the molecule is Cc1ccc(-c2ccc(C(=[OH+])CF)cc2)s1. The third-order valence-corrected chi connectivity index (χ3v) is 3.42. The zero-order chi connectivity index (χ0) is 11.5. The molecule has 1 N–H and O–H groups in total. The van der Waals surface area contributed by atoms with Gasteiger partial charge in [-0.05, 0) is 36.8 Å². The van der Waals surface area contributed by atoms with Crippen LogP contribution in [0.25, 0.3) is 10.4 Å². The van der Waals surface area contributed by atoms with Crippen molar-refractivity contribution in [2.24, 2.45) is 0 Å². The van der Waals surface area contributed by atoms with Gasteiger partial charge in [0.15, 0.2) is 0 Å². The molecule has 82 valence electrons. The molecule has 0 fully saturated rings. The molecule has 0 unspecified atom stereocenters. The zero-order valence-corrected chi connectivity index (χ0v) is 9.72. The van der Waals surface area contributed by atoms with E-state index in [2.05, 4.69) is 19.1 Å². The summed E-state index contributed by atoms with van der Waals surface area (Å²) < 4.78 is 12.2. The van der Waals surface area contributed by atoms with E-state index in [1.165, 1.54) is 9.75 Å². The van der Waals surface area contributed by atoms with E-state index in [0.29, 0.717) is 5.56 Å². The van der Waals surface area contributed by atoms with Crippen LogP contribution in [0.5, 0.6) is 0 Å². The first kappa shape index (κ1) is 11.0. The summed E-state index contributed by atoms with van der Waals surface area (Å²) in [6, 6.07) is 11.4. The van der Waals surface area contributed by atoms with Gasteiger partial charge in [-0.2, -0.15) is 0 Å². The van der Waals surface area contributed by atoms with Gasteiger partial charge in [0.1, 0.15) is 0 Å². The number of carbonyl (C=O) groups excluding carboxylic acids is 1. The Bertz CT molecular complexity index is 499. The van der Waals surface area contributed by atoms with Crippen molar-refractivity contribution < 1.29 is 9.18 Å². The van der Waals surface area contributed by atoms with E-state index in [4.69, 9.17) is 0 Å². The van der Waals surface area contributed by atoms with Crippen LogP contribution < -0.4 is 0 Å².